The van der Waals surface area contributed by atoms with Crippen LogP contribution in [-0.2, 0) is 17.8 Å². The van der Waals surface area contributed by atoms with Crippen molar-refractivity contribution in [3.8, 4) is 21.5 Å². The Morgan fingerprint density at radius 1 is 1.35 bits per heavy atom. The van der Waals surface area contributed by atoms with Gasteiger partial charge in [-0.2, -0.15) is 5.10 Å². The van der Waals surface area contributed by atoms with Crippen LogP contribution in [-0.4, -0.2) is 55.1 Å². The van der Waals surface area contributed by atoms with Gasteiger partial charge in [0.2, 0.25) is 5.13 Å². The molecule has 0 saturated heterocycles. The van der Waals surface area contributed by atoms with Crippen molar-refractivity contribution in [2.45, 2.75) is 45.8 Å². The van der Waals surface area contributed by atoms with Crippen molar-refractivity contribution in [2.75, 3.05) is 18.8 Å². The first-order valence-electron chi connectivity index (χ1n) is 10.3. The summed E-state index contributed by atoms with van der Waals surface area (Å²) in [6.07, 6.45) is 3.75. The van der Waals surface area contributed by atoms with Gasteiger partial charge in [-0.05, 0) is 45.0 Å². The number of aromatic nitrogens is 4. The van der Waals surface area contributed by atoms with Gasteiger partial charge < -0.3 is 15.6 Å². The van der Waals surface area contributed by atoms with Crippen molar-refractivity contribution in [3.63, 3.8) is 0 Å². The normalized spacial score (nSPS) is 14.0. The molecule has 31 heavy (non-hydrogen) atoms. The zero-order chi connectivity index (χ0) is 22.0. The van der Waals surface area contributed by atoms with E-state index >= 15 is 0 Å². The molecule has 0 atom stereocenters. The van der Waals surface area contributed by atoms with E-state index in [0.717, 1.165) is 47.9 Å². The van der Waals surface area contributed by atoms with Crippen LogP contribution in [0.5, 0.6) is 5.75 Å². The summed E-state index contributed by atoms with van der Waals surface area (Å²) in [6, 6.07) is 5.64. The van der Waals surface area contributed by atoms with Crippen molar-refractivity contribution in [3.05, 3.63) is 35.7 Å². The molecule has 164 valence electrons. The number of nitrogen functional groups attached to an aromatic ring is 1. The number of aliphatic carboxylic acids is 1. The highest BCUT2D eigenvalue weighted by molar-refractivity contribution is 7.17. The Labute approximate surface area is 184 Å². The van der Waals surface area contributed by atoms with Gasteiger partial charge in [0.15, 0.2) is 0 Å². The first-order chi connectivity index (χ1) is 14.9. The molecule has 0 amide bonds. The van der Waals surface area contributed by atoms with Crippen LogP contribution in [0.25, 0.3) is 15.7 Å². The molecule has 0 spiro atoms. The van der Waals surface area contributed by atoms with E-state index in [1.54, 1.807) is 4.68 Å². The van der Waals surface area contributed by atoms with Gasteiger partial charge in [-0.3, -0.25) is 9.69 Å². The number of nitrogens with two attached hydrogens (primary N) is 1. The number of carboxylic acid groups (broad SMARTS) is 1. The number of carboxylic acids is 1. The average molecular weight is 443 g/mol. The van der Waals surface area contributed by atoms with E-state index in [4.69, 9.17) is 20.7 Å². The minimum absolute atomic E-state index is 0.0558. The monoisotopic (exact) mass is 442 g/mol. The van der Waals surface area contributed by atoms with Crippen molar-refractivity contribution in [1.82, 2.24) is 24.9 Å². The highest BCUT2D eigenvalue weighted by Crippen LogP contribution is 2.32. The predicted octanol–water partition coefficient (Wildman–Crippen LogP) is 2.98. The lowest BCUT2D eigenvalue weighted by molar-refractivity contribution is -0.137. The fourth-order valence-electron chi connectivity index (χ4n) is 3.58. The molecule has 0 bridgehead atoms. The van der Waals surface area contributed by atoms with E-state index in [9.17, 15) is 4.79 Å². The number of nitrogens with zero attached hydrogens (tertiary/aromatic N) is 5. The van der Waals surface area contributed by atoms with E-state index in [-0.39, 0.29) is 12.5 Å². The van der Waals surface area contributed by atoms with Gasteiger partial charge in [0.1, 0.15) is 10.8 Å². The van der Waals surface area contributed by atoms with Gasteiger partial charge in [0, 0.05) is 43.3 Å². The molecule has 10 heteroatoms. The average Bonchev–Trinajstić information content (AvgIpc) is 3.35. The Bertz CT molecular complexity index is 1080. The lowest BCUT2D eigenvalue weighted by Crippen LogP contribution is -2.31. The maximum absolute atomic E-state index is 10.7. The molecule has 9 nitrogen and oxygen atoms in total. The van der Waals surface area contributed by atoms with E-state index in [2.05, 4.69) is 15.1 Å². The van der Waals surface area contributed by atoms with Gasteiger partial charge in [-0.15, -0.1) is 10.2 Å². The molecule has 0 fully saturated rings. The van der Waals surface area contributed by atoms with E-state index < -0.39 is 5.97 Å². The third kappa shape index (κ3) is 5.02. The Hall–Kier alpha value is -2.98. The number of hydrogen-bond acceptors (Lipinski definition) is 8. The maximum Gasteiger partial charge on any atom is 0.303 e. The molecule has 1 aliphatic rings. The third-order valence-electron chi connectivity index (χ3n) is 5.03. The molecular formula is C21H26N6O3S. The van der Waals surface area contributed by atoms with Crippen LogP contribution in [0.1, 0.15) is 37.9 Å². The molecule has 3 aromatic rings. The maximum atomic E-state index is 10.7. The molecule has 0 saturated carbocycles. The lowest BCUT2D eigenvalue weighted by Gasteiger charge is -2.25. The summed E-state index contributed by atoms with van der Waals surface area (Å²) in [5.74, 6) is -0.0856. The van der Waals surface area contributed by atoms with Crippen LogP contribution < -0.4 is 10.5 Å². The Morgan fingerprint density at radius 2 is 2.19 bits per heavy atom. The standard InChI is InChI=1S/C21H26N6O3S/c1-13(2)30-18-6-5-14(10-16(18)22)20-23-24-21(31-20)27-12-15-11-26(8-3-4-19(28)29)9-7-17(15)25-27/h5-6,10,12-13H,3-4,7-9,11,22H2,1-2H3,(H,28,29). The fourth-order valence-corrected chi connectivity index (χ4v) is 4.35. The minimum atomic E-state index is -0.749. The molecule has 2 aromatic heterocycles. The van der Waals surface area contributed by atoms with E-state index in [1.807, 2.05) is 38.2 Å². The topological polar surface area (TPSA) is 119 Å². The number of ether oxygens (including phenoxy) is 1. The Kier molecular flexibility index (Phi) is 6.19. The molecule has 4 rings (SSSR count). The zero-order valence-electron chi connectivity index (χ0n) is 17.6. The Balaban J connectivity index is 1.46. The molecule has 0 radical (unpaired) electrons. The predicted molar refractivity (Wildman–Crippen MR) is 118 cm³/mol. The molecule has 0 unspecified atom stereocenters. The second-order valence-electron chi connectivity index (χ2n) is 7.88. The summed E-state index contributed by atoms with van der Waals surface area (Å²) < 4.78 is 7.48. The molecule has 3 N–H and O–H groups in total. The minimum Gasteiger partial charge on any atom is -0.489 e. The van der Waals surface area contributed by atoms with Gasteiger partial charge in [-0.25, -0.2) is 4.68 Å². The summed E-state index contributed by atoms with van der Waals surface area (Å²) in [6.45, 7) is 6.36. The number of rotatable bonds is 8. The zero-order valence-corrected chi connectivity index (χ0v) is 18.4. The highest BCUT2D eigenvalue weighted by Gasteiger charge is 2.21. The summed E-state index contributed by atoms with van der Waals surface area (Å²) in [4.78, 5) is 13.0. The Morgan fingerprint density at radius 3 is 2.94 bits per heavy atom. The summed E-state index contributed by atoms with van der Waals surface area (Å²) in [7, 11) is 0. The largest absolute Gasteiger partial charge is 0.489 e. The second-order valence-corrected chi connectivity index (χ2v) is 8.83. The van der Waals surface area contributed by atoms with Gasteiger partial charge in [-0.1, -0.05) is 11.3 Å². The quantitative estimate of drug-likeness (QED) is 0.511. The van der Waals surface area contributed by atoms with Crippen molar-refractivity contribution in [1.29, 1.82) is 0 Å². The van der Waals surface area contributed by atoms with Crippen molar-refractivity contribution in [2.24, 2.45) is 0 Å². The highest BCUT2D eigenvalue weighted by atomic mass is 32.1. The summed E-state index contributed by atoms with van der Waals surface area (Å²) in [5.41, 5.74) is 9.80. The summed E-state index contributed by atoms with van der Waals surface area (Å²) >= 11 is 1.45. The first kappa shape index (κ1) is 21.3. The molecule has 1 aliphatic heterocycles. The number of carbonyl (C=O) groups is 1. The number of benzene rings is 1. The van der Waals surface area contributed by atoms with Crippen LogP contribution in [0, 0.1) is 0 Å². The molecule has 3 heterocycles. The van der Waals surface area contributed by atoms with E-state index in [1.165, 1.54) is 11.3 Å². The smallest absolute Gasteiger partial charge is 0.303 e. The number of hydrogen-bond donors (Lipinski definition) is 2. The molecule has 0 aliphatic carbocycles. The second kappa shape index (κ2) is 9.03. The SMILES string of the molecule is CC(C)Oc1ccc(-c2nnc(-n3cc4c(n3)CCN(CCCC(=O)O)C4)s2)cc1N. The molecular weight excluding hydrogens is 416 g/mol. The lowest BCUT2D eigenvalue weighted by atomic mass is 10.1. The summed E-state index contributed by atoms with van der Waals surface area (Å²) in [5, 5.41) is 23.6. The van der Waals surface area contributed by atoms with Crippen LogP contribution in [0.4, 0.5) is 5.69 Å². The fraction of sp³-hybridized carbons (Fsp3) is 0.429. The number of anilines is 1. The molecule has 1 aromatic carbocycles. The van der Waals surface area contributed by atoms with Crippen LogP contribution in [0.2, 0.25) is 0 Å². The van der Waals surface area contributed by atoms with Crippen LogP contribution in [0.3, 0.4) is 0 Å². The van der Waals surface area contributed by atoms with Crippen molar-refractivity contribution < 1.29 is 14.6 Å². The van der Waals surface area contributed by atoms with Crippen LogP contribution >= 0.6 is 11.3 Å². The van der Waals surface area contributed by atoms with E-state index in [0.29, 0.717) is 23.0 Å². The van der Waals surface area contributed by atoms with Crippen molar-refractivity contribution >= 4 is 23.0 Å². The first-order valence-corrected chi connectivity index (χ1v) is 11.1. The third-order valence-corrected chi connectivity index (χ3v) is 5.99. The van der Waals surface area contributed by atoms with Gasteiger partial charge in [0.25, 0.3) is 0 Å². The van der Waals surface area contributed by atoms with Crippen LogP contribution in [0.15, 0.2) is 24.4 Å². The van der Waals surface area contributed by atoms with Gasteiger partial charge >= 0.3 is 5.97 Å². The van der Waals surface area contributed by atoms with Gasteiger partial charge in [0.05, 0.1) is 17.5 Å². The number of fused-ring (bicyclic) bond motifs is 1.